The van der Waals surface area contributed by atoms with Crippen LogP contribution in [-0.4, -0.2) is 190 Å². The molecule has 0 radical (unpaired) electrons. The molecule has 79 heavy (non-hydrogen) atoms. The lowest BCUT2D eigenvalue weighted by Crippen LogP contribution is -2.62. The zero-order valence-electron chi connectivity index (χ0n) is 48.8. The molecule has 1 aromatic carbocycles. The average molecular weight is 1110 g/mol. The molecule has 7 amide bonds. The van der Waals surface area contributed by atoms with Crippen LogP contribution in [0.25, 0.3) is 0 Å². The van der Waals surface area contributed by atoms with E-state index in [4.69, 9.17) is 14.2 Å². The van der Waals surface area contributed by atoms with Crippen LogP contribution < -0.4 is 20.7 Å². The summed E-state index contributed by atoms with van der Waals surface area (Å²) in [6, 6.07) is -2.19. The lowest BCUT2D eigenvalue weighted by atomic mass is 9.91. The number of rotatable bonds is 15. The zero-order chi connectivity index (χ0) is 59.3. The Morgan fingerprint density at radius 1 is 0.861 bits per heavy atom. The van der Waals surface area contributed by atoms with Crippen LogP contribution in [0.3, 0.4) is 0 Å². The predicted molar refractivity (Wildman–Crippen MR) is 290 cm³/mol. The molecule has 3 aliphatic heterocycles. The van der Waals surface area contributed by atoms with E-state index in [1.165, 1.54) is 61.6 Å². The van der Waals surface area contributed by atoms with Gasteiger partial charge in [0.2, 0.25) is 35.4 Å². The van der Waals surface area contributed by atoms with Gasteiger partial charge in [-0.1, -0.05) is 73.9 Å². The Kier molecular flexibility index (Phi) is 24.3. The number of likely N-dealkylation sites (tertiary alicyclic amines) is 1. The highest BCUT2D eigenvalue weighted by Gasteiger charge is 2.46. The van der Waals surface area contributed by atoms with Gasteiger partial charge in [0.05, 0.1) is 31.6 Å². The van der Waals surface area contributed by atoms with Gasteiger partial charge in [0, 0.05) is 33.6 Å². The molecular weight excluding hydrogens is 1020 g/mol. The molecular formula is C57H89N7O15. The van der Waals surface area contributed by atoms with E-state index in [-0.39, 0.29) is 57.0 Å². The van der Waals surface area contributed by atoms with Crippen molar-refractivity contribution in [3.05, 3.63) is 29.8 Å². The highest BCUT2D eigenvalue weighted by atomic mass is 16.6. The number of ether oxygens (including phenoxy) is 3. The van der Waals surface area contributed by atoms with Crippen molar-refractivity contribution in [1.82, 2.24) is 35.6 Å². The van der Waals surface area contributed by atoms with E-state index in [0.717, 1.165) is 0 Å². The first-order valence-corrected chi connectivity index (χ1v) is 28.0. The van der Waals surface area contributed by atoms with Gasteiger partial charge in [0.1, 0.15) is 54.2 Å². The number of aliphatic hydroxyl groups excluding tert-OH is 2. The number of benzene rings is 1. The van der Waals surface area contributed by atoms with E-state index >= 15 is 4.79 Å². The van der Waals surface area contributed by atoms with Gasteiger partial charge < -0.3 is 60.0 Å². The molecule has 3 aliphatic rings. The monoisotopic (exact) mass is 1110 g/mol. The number of Topliss-reactive ketones (excluding diaryl/α,β-unsaturated/α-hetero) is 1. The first kappa shape index (κ1) is 65.4. The van der Waals surface area contributed by atoms with Gasteiger partial charge in [-0.25, -0.2) is 4.79 Å². The summed E-state index contributed by atoms with van der Waals surface area (Å²) in [6.45, 7) is 18.4. The lowest BCUT2D eigenvalue weighted by molar-refractivity contribution is -0.163. The Morgan fingerprint density at radius 3 is 2.06 bits per heavy atom. The van der Waals surface area contributed by atoms with Crippen molar-refractivity contribution in [2.24, 2.45) is 29.6 Å². The fourth-order valence-corrected chi connectivity index (χ4v) is 10.5. The summed E-state index contributed by atoms with van der Waals surface area (Å²) in [5, 5.41) is 30.2. The number of carbonyl (C=O) groups is 10. The van der Waals surface area contributed by atoms with E-state index in [2.05, 4.69) is 16.0 Å². The molecule has 22 heteroatoms. The molecule has 0 bridgehead atoms. The number of amides is 7. The highest BCUT2D eigenvalue weighted by molar-refractivity contribution is 6.05. The molecule has 1 aromatic rings. The Balaban J connectivity index is 1.89. The van der Waals surface area contributed by atoms with Crippen molar-refractivity contribution >= 4 is 59.1 Å². The van der Waals surface area contributed by atoms with Crippen molar-refractivity contribution in [3.8, 4) is 5.75 Å². The number of likely N-dealkylation sites (N-methyl/N-ethyl adjacent to an activating group) is 2. The molecule has 22 nitrogen and oxygen atoms in total. The third-order valence-corrected chi connectivity index (χ3v) is 15.5. The van der Waals surface area contributed by atoms with Crippen LogP contribution in [0.1, 0.15) is 133 Å². The molecule has 0 aliphatic carbocycles. The lowest BCUT2D eigenvalue weighted by Gasteiger charge is -2.36. The van der Waals surface area contributed by atoms with E-state index in [0.29, 0.717) is 30.6 Å². The standard InChI is InChI=1S/C57H89N7O15/c1-15-33(8)46-44(66)29-45(67)79-49(32(6)7)48(68)34(9)50(69)58-39(26-30(2)3)54(73)64-25-17-19-41(64)56(75)62(13)43(28-37-20-22-38(77-14)23-21-37)57(76)78-36(11)47(52(71)59-46)60-51(70)42(27-31(4)5)61(12)55(74)40-18-16-24-63(40)53(72)35(10)65/h20-23,30-36,39-44,46-47,49,65-66H,15-19,24-29H2,1-14H3,(H,58,69)(H,59,71)(H,60,70)/t33-,34-,35-,36-,39+,40-,41+,42+,43-,44+,46+,47-,49+/m0/s1. The Bertz CT molecular complexity index is 2330. The Morgan fingerprint density at radius 2 is 1.49 bits per heavy atom. The molecule has 13 atom stereocenters. The van der Waals surface area contributed by atoms with Crippen LogP contribution in [-0.2, 0) is 63.8 Å². The van der Waals surface area contributed by atoms with Crippen LogP contribution in [0.5, 0.6) is 5.75 Å². The molecule has 0 unspecified atom stereocenters. The van der Waals surface area contributed by atoms with Crippen molar-refractivity contribution in [3.63, 3.8) is 0 Å². The van der Waals surface area contributed by atoms with Crippen molar-refractivity contribution in [2.45, 2.75) is 201 Å². The third-order valence-electron chi connectivity index (χ3n) is 15.5. The number of ketones is 1. The first-order chi connectivity index (χ1) is 37.0. The number of cyclic esters (lactones) is 2. The number of nitrogens with one attached hydrogen (secondary N) is 3. The molecule has 442 valence electrons. The third kappa shape index (κ3) is 16.9. The number of esters is 2. The van der Waals surface area contributed by atoms with Gasteiger partial charge in [0.25, 0.3) is 5.91 Å². The summed E-state index contributed by atoms with van der Waals surface area (Å²) in [6.07, 6.45) is -4.99. The van der Waals surface area contributed by atoms with Gasteiger partial charge in [-0.2, -0.15) is 0 Å². The molecule has 0 saturated carbocycles. The minimum absolute atomic E-state index is 0.0720. The first-order valence-electron chi connectivity index (χ1n) is 28.0. The maximum absolute atomic E-state index is 15.0. The van der Waals surface area contributed by atoms with E-state index in [1.54, 1.807) is 52.0 Å². The van der Waals surface area contributed by atoms with Gasteiger partial charge in [-0.15, -0.1) is 0 Å². The Labute approximate surface area is 465 Å². The number of aliphatic hydroxyl groups is 2. The minimum Gasteiger partial charge on any atom is -0.497 e. The second-order valence-electron chi connectivity index (χ2n) is 23.0. The number of fused-ring (bicyclic) bond motifs is 1. The van der Waals surface area contributed by atoms with Crippen LogP contribution in [0.15, 0.2) is 24.3 Å². The number of nitrogens with zero attached hydrogens (tertiary/aromatic N) is 4. The van der Waals surface area contributed by atoms with E-state index in [1.807, 2.05) is 27.7 Å². The second-order valence-corrected chi connectivity index (χ2v) is 23.0. The fourth-order valence-electron chi connectivity index (χ4n) is 10.5. The quantitative estimate of drug-likeness (QED) is 0.124. The number of hydrogen-bond acceptors (Lipinski definition) is 15. The molecule has 0 aromatic heterocycles. The molecule has 0 spiro atoms. The number of hydrogen-bond donors (Lipinski definition) is 5. The second kappa shape index (κ2) is 29.3. The van der Waals surface area contributed by atoms with Crippen molar-refractivity contribution in [1.29, 1.82) is 0 Å². The van der Waals surface area contributed by atoms with Gasteiger partial charge in [-0.05, 0) is 101 Å². The molecule has 3 heterocycles. The summed E-state index contributed by atoms with van der Waals surface area (Å²) in [4.78, 5) is 149. The summed E-state index contributed by atoms with van der Waals surface area (Å²) in [5.74, 6) is -10.3. The predicted octanol–water partition coefficient (Wildman–Crippen LogP) is 2.32. The van der Waals surface area contributed by atoms with Gasteiger partial charge in [-0.3, -0.25) is 43.2 Å². The Hall–Kier alpha value is -6.16. The van der Waals surface area contributed by atoms with Crippen molar-refractivity contribution < 1.29 is 72.4 Å². The molecule has 4 rings (SSSR count). The molecule has 3 saturated heterocycles. The normalized spacial score (nSPS) is 27.7. The summed E-state index contributed by atoms with van der Waals surface area (Å²) < 4.78 is 17.2. The summed E-state index contributed by atoms with van der Waals surface area (Å²) >= 11 is 0. The maximum atomic E-state index is 15.0. The summed E-state index contributed by atoms with van der Waals surface area (Å²) in [7, 11) is 4.29. The minimum atomic E-state index is -1.76. The van der Waals surface area contributed by atoms with Gasteiger partial charge in [0.15, 0.2) is 11.9 Å². The van der Waals surface area contributed by atoms with E-state index in [9.17, 15) is 53.4 Å². The SMILES string of the molecule is CC[C@H](C)[C@H]1NC(=O)[C@@H](NC(=O)[C@@H](CC(C)C)N(C)C(=O)[C@@H]2CCCN2C(=O)[C@H](C)O)[C@H](C)OC(=O)[C@H](Cc2ccc(OC)cc2)N(C)C(=O)[C@H]2CCCN2C(=O)[C@@H](CC(C)C)NC(=O)[C@@H](C)C(=O)[C@@H](C(C)C)OC(=O)C[C@H]1O. The number of carbonyl (C=O) groups excluding carboxylic acids is 10. The fraction of sp³-hybridized carbons (Fsp3) is 0.719. The molecule has 3 fully saturated rings. The summed E-state index contributed by atoms with van der Waals surface area (Å²) in [5.41, 5.74) is 0.571. The smallest absolute Gasteiger partial charge is 0.329 e. The van der Waals surface area contributed by atoms with Crippen LogP contribution in [0.4, 0.5) is 0 Å². The zero-order valence-corrected chi connectivity index (χ0v) is 48.8. The van der Waals surface area contributed by atoms with E-state index < -0.39 is 150 Å². The van der Waals surface area contributed by atoms with Crippen LogP contribution in [0, 0.1) is 29.6 Å². The largest absolute Gasteiger partial charge is 0.497 e. The topological polar surface area (TPSA) is 288 Å². The van der Waals surface area contributed by atoms with Crippen LogP contribution in [0.2, 0.25) is 0 Å². The highest BCUT2D eigenvalue weighted by Crippen LogP contribution is 2.27. The van der Waals surface area contributed by atoms with Crippen LogP contribution >= 0.6 is 0 Å². The average Bonchev–Trinajstić information content (AvgIpc) is 4.13. The number of methoxy groups -OCH3 is 1. The molecule has 5 N–H and O–H groups in total. The van der Waals surface area contributed by atoms with Crippen molar-refractivity contribution in [2.75, 3.05) is 34.3 Å². The maximum Gasteiger partial charge on any atom is 0.329 e. The van der Waals surface area contributed by atoms with Gasteiger partial charge >= 0.3 is 11.9 Å².